The average molecular weight is 208 g/mol. The summed E-state index contributed by atoms with van der Waals surface area (Å²) < 4.78 is 38.8. The molecule has 0 saturated carbocycles. The first-order valence-electron chi connectivity index (χ1n) is 2.77. The number of ether oxygens (including phenoxy) is 1. The van der Waals surface area contributed by atoms with E-state index in [1.54, 1.807) is 0 Å². The summed E-state index contributed by atoms with van der Waals surface area (Å²) in [5.41, 5.74) is 4.60. The van der Waals surface area contributed by atoms with Gasteiger partial charge in [0.05, 0.1) is 13.5 Å². The minimum Gasteiger partial charge on any atom is -0.469 e. The Morgan fingerprint density at radius 1 is 1.58 bits per heavy atom. The Hall–Kier alpha value is -0.490. The third-order valence-electron chi connectivity index (χ3n) is 1.03. The zero-order chi connectivity index (χ0) is 9.07. The zero-order valence-electron chi connectivity index (χ0n) is 6.22. The van der Waals surface area contributed by atoms with Crippen LogP contribution in [-0.4, -0.2) is 25.3 Å². The van der Waals surface area contributed by atoms with Crippen molar-refractivity contribution in [1.29, 1.82) is 0 Å². The molecule has 7 heteroatoms. The molecule has 0 amide bonds. The van der Waals surface area contributed by atoms with Gasteiger partial charge in [-0.3, -0.25) is 4.79 Å². The Morgan fingerprint density at radius 3 is 2.25 bits per heavy atom. The molecule has 0 radical (unpaired) electrons. The number of carbonyl (C=O) groups excluding carboxylic acids is 1. The summed E-state index contributed by atoms with van der Waals surface area (Å²) in [6.45, 7) is 0. The lowest BCUT2D eigenvalue weighted by molar-refractivity contribution is -0.162. The molecule has 0 aromatic heterocycles. The van der Waals surface area contributed by atoms with Crippen molar-refractivity contribution in [3.63, 3.8) is 0 Å². The van der Waals surface area contributed by atoms with Gasteiger partial charge in [0.1, 0.15) is 6.04 Å². The summed E-state index contributed by atoms with van der Waals surface area (Å²) in [5, 5.41) is 0. The van der Waals surface area contributed by atoms with Crippen LogP contribution in [0.2, 0.25) is 0 Å². The molecule has 0 saturated heterocycles. The molecule has 0 aromatic carbocycles. The quantitative estimate of drug-likeness (QED) is 0.684. The van der Waals surface area contributed by atoms with E-state index in [1.165, 1.54) is 0 Å². The molecule has 0 aromatic rings. The van der Waals surface area contributed by atoms with Gasteiger partial charge in [-0.15, -0.1) is 12.4 Å². The molecule has 0 rings (SSSR count). The number of rotatable bonds is 2. The van der Waals surface area contributed by atoms with Crippen molar-refractivity contribution in [1.82, 2.24) is 0 Å². The minimum absolute atomic E-state index is 0. The van der Waals surface area contributed by atoms with Crippen LogP contribution in [0.3, 0.4) is 0 Å². The zero-order valence-corrected chi connectivity index (χ0v) is 7.04. The van der Waals surface area contributed by atoms with Crippen molar-refractivity contribution in [2.75, 3.05) is 7.11 Å². The van der Waals surface area contributed by atoms with Gasteiger partial charge < -0.3 is 10.5 Å². The van der Waals surface area contributed by atoms with E-state index < -0.39 is 24.6 Å². The van der Waals surface area contributed by atoms with E-state index in [-0.39, 0.29) is 12.4 Å². The van der Waals surface area contributed by atoms with E-state index in [2.05, 4.69) is 10.5 Å². The molecule has 0 aliphatic heterocycles. The lowest BCUT2D eigenvalue weighted by Crippen LogP contribution is -2.39. The molecule has 0 aliphatic rings. The summed E-state index contributed by atoms with van der Waals surface area (Å²) in [5.74, 6) is -0.963. The highest BCUT2D eigenvalue weighted by molar-refractivity contribution is 5.85. The van der Waals surface area contributed by atoms with Crippen LogP contribution in [0.4, 0.5) is 13.2 Å². The predicted molar refractivity (Wildman–Crippen MR) is 37.9 cm³/mol. The third-order valence-corrected chi connectivity index (χ3v) is 1.03. The smallest absolute Gasteiger partial charge is 0.404 e. The highest BCUT2D eigenvalue weighted by Gasteiger charge is 2.38. The molecule has 0 bridgehead atoms. The van der Waals surface area contributed by atoms with Crippen LogP contribution in [0.25, 0.3) is 0 Å². The maximum atomic E-state index is 11.6. The Balaban J connectivity index is 0. The maximum Gasteiger partial charge on any atom is 0.404 e. The van der Waals surface area contributed by atoms with Crippen molar-refractivity contribution in [2.24, 2.45) is 5.73 Å². The topological polar surface area (TPSA) is 52.3 Å². The third kappa shape index (κ3) is 5.20. The first-order chi connectivity index (χ1) is 4.88. The fourth-order valence-corrected chi connectivity index (χ4v) is 0.379. The molecule has 0 aliphatic carbocycles. The summed E-state index contributed by atoms with van der Waals surface area (Å²) >= 11 is 0. The number of methoxy groups -OCH3 is 1. The van der Waals surface area contributed by atoms with Gasteiger partial charge >= 0.3 is 12.1 Å². The molecule has 0 heterocycles. The van der Waals surface area contributed by atoms with E-state index in [1.807, 2.05) is 0 Å². The fourth-order valence-electron chi connectivity index (χ4n) is 0.379. The van der Waals surface area contributed by atoms with Crippen LogP contribution < -0.4 is 5.73 Å². The van der Waals surface area contributed by atoms with Gasteiger partial charge in [-0.25, -0.2) is 0 Å². The molecular weight excluding hydrogens is 199 g/mol. The fraction of sp³-hybridized carbons (Fsp3) is 0.800. The average Bonchev–Trinajstić information content (AvgIpc) is 1.85. The normalized spacial score (nSPS) is 13.1. The van der Waals surface area contributed by atoms with E-state index in [0.29, 0.717) is 0 Å². The van der Waals surface area contributed by atoms with Gasteiger partial charge in [0.2, 0.25) is 0 Å². The molecule has 12 heavy (non-hydrogen) atoms. The van der Waals surface area contributed by atoms with E-state index in [4.69, 9.17) is 0 Å². The molecule has 0 unspecified atom stereocenters. The van der Waals surface area contributed by atoms with E-state index >= 15 is 0 Å². The number of esters is 1. The van der Waals surface area contributed by atoms with Crippen molar-refractivity contribution < 1.29 is 22.7 Å². The van der Waals surface area contributed by atoms with Gasteiger partial charge in [0.15, 0.2) is 0 Å². The molecule has 74 valence electrons. The van der Waals surface area contributed by atoms with Crippen LogP contribution in [0.5, 0.6) is 0 Å². The maximum absolute atomic E-state index is 11.6. The summed E-state index contributed by atoms with van der Waals surface area (Å²) in [6.07, 6.45) is -5.37. The monoisotopic (exact) mass is 207 g/mol. The number of alkyl halides is 3. The molecule has 0 fully saturated rings. The molecule has 2 N–H and O–H groups in total. The van der Waals surface area contributed by atoms with Crippen molar-refractivity contribution in [2.45, 2.75) is 18.6 Å². The Bertz CT molecular complexity index is 150. The van der Waals surface area contributed by atoms with Crippen molar-refractivity contribution in [3.8, 4) is 0 Å². The molecular formula is C5H9ClF3NO2. The number of carbonyl (C=O) groups is 1. The van der Waals surface area contributed by atoms with Gasteiger partial charge in [0, 0.05) is 0 Å². The second-order valence-corrected chi connectivity index (χ2v) is 1.93. The molecule has 3 nitrogen and oxygen atoms in total. The largest absolute Gasteiger partial charge is 0.469 e. The summed E-state index contributed by atoms with van der Waals surface area (Å²) in [6, 6.07) is -2.13. The molecule has 1 atom stereocenters. The van der Waals surface area contributed by atoms with Crippen molar-refractivity contribution in [3.05, 3.63) is 0 Å². The first-order valence-corrected chi connectivity index (χ1v) is 2.77. The SMILES string of the molecule is COC(=O)C[C@@H](N)C(F)(F)F.Cl. The second kappa shape index (κ2) is 5.21. The van der Waals surface area contributed by atoms with Gasteiger partial charge in [-0.05, 0) is 0 Å². The van der Waals surface area contributed by atoms with E-state index in [9.17, 15) is 18.0 Å². The number of hydrogen-bond donors (Lipinski definition) is 1. The first kappa shape index (κ1) is 14.1. The van der Waals surface area contributed by atoms with Crippen LogP contribution in [0.1, 0.15) is 6.42 Å². The van der Waals surface area contributed by atoms with Crippen molar-refractivity contribution >= 4 is 18.4 Å². The van der Waals surface area contributed by atoms with Gasteiger partial charge in [-0.2, -0.15) is 13.2 Å². The highest BCUT2D eigenvalue weighted by Crippen LogP contribution is 2.20. The lowest BCUT2D eigenvalue weighted by atomic mass is 10.2. The number of halogens is 4. The van der Waals surface area contributed by atoms with Crippen LogP contribution >= 0.6 is 12.4 Å². The van der Waals surface area contributed by atoms with Gasteiger partial charge in [0.25, 0.3) is 0 Å². The van der Waals surface area contributed by atoms with E-state index in [0.717, 1.165) is 7.11 Å². The Morgan fingerprint density at radius 2 is 2.00 bits per heavy atom. The summed E-state index contributed by atoms with van der Waals surface area (Å²) in [4.78, 5) is 10.3. The van der Waals surface area contributed by atoms with Crippen LogP contribution in [0.15, 0.2) is 0 Å². The number of hydrogen-bond acceptors (Lipinski definition) is 3. The van der Waals surface area contributed by atoms with Crippen LogP contribution in [-0.2, 0) is 9.53 Å². The Labute approximate surface area is 73.5 Å². The molecule has 0 spiro atoms. The highest BCUT2D eigenvalue weighted by atomic mass is 35.5. The van der Waals surface area contributed by atoms with Crippen LogP contribution in [0, 0.1) is 0 Å². The minimum atomic E-state index is -4.53. The lowest BCUT2D eigenvalue weighted by Gasteiger charge is -2.13. The van der Waals surface area contributed by atoms with Gasteiger partial charge in [-0.1, -0.05) is 0 Å². The Kier molecular flexibility index (Phi) is 6.10. The predicted octanol–water partition coefficient (Wildman–Crippen LogP) is 0.861. The summed E-state index contributed by atoms with van der Waals surface area (Å²) in [7, 11) is 1.01. The number of nitrogens with two attached hydrogens (primary N) is 1. The second-order valence-electron chi connectivity index (χ2n) is 1.93. The standard InChI is InChI=1S/C5H8F3NO2.ClH/c1-11-4(10)2-3(9)5(6,7)8;/h3H,2,9H2,1H3;1H/t3-;/m1./s1.